The number of carbonyl (C=O) groups excluding carboxylic acids is 1. The minimum absolute atomic E-state index is 0.195. The van der Waals surface area contributed by atoms with E-state index in [1.54, 1.807) is 0 Å². The van der Waals surface area contributed by atoms with Crippen molar-refractivity contribution < 1.29 is 9.53 Å². The second-order valence-corrected chi connectivity index (χ2v) is 5.52. The summed E-state index contributed by atoms with van der Waals surface area (Å²) >= 11 is 0. The molecular weight excluding hydrogens is 204 g/mol. The number of hydrogen-bond donors (Lipinski definition) is 1. The van der Waals surface area contributed by atoms with Gasteiger partial charge in [-0.25, -0.2) is 0 Å². The van der Waals surface area contributed by atoms with Crippen molar-refractivity contribution in [3.63, 3.8) is 0 Å². The van der Waals surface area contributed by atoms with Gasteiger partial charge in [-0.1, -0.05) is 0 Å². The van der Waals surface area contributed by atoms with Gasteiger partial charge in [0.1, 0.15) is 0 Å². The SMILES string of the molecule is CC1CN(CC2CCCO2)C(=O)C(C)(C)N1. The van der Waals surface area contributed by atoms with Crippen LogP contribution in [0.3, 0.4) is 0 Å². The number of ether oxygens (including phenoxy) is 1. The van der Waals surface area contributed by atoms with E-state index in [2.05, 4.69) is 12.2 Å². The van der Waals surface area contributed by atoms with Crippen molar-refractivity contribution in [2.75, 3.05) is 19.7 Å². The van der Waals surface area contributed by atoms with Crippen LogP contribution in [0, 0.1) is 0 Å². The van der Waals surface area contributed by atoms with Crippen LogP contribution >= 0.6 is 0 Å². The summed E-state index contributed by atoms with van der Waals surface area (Å²) in [6, 6.07) is 0.356. The van der Waals surface area contributed by atoms with Crippen molar-refractivity contribution in [3.05, 3.63) is 0 Å². The van der Waals surface area contributed by atoms with Crippen LogP contribution in [0.15, 0.2) is 0 Å². The van der Waals surface area contributed by atoms with Gasteiger partial charge in [-0.3, -0.25) is 10.1 Å². The molecule has 0 bridgehead atoms. The molecule has 16 heavy (non-hydrogen) atoms. The van der Waals surface area contributed by atoms with Crippen molar-refractivity contribution in [1.82, 2.24) is 10.2 Å². The number of hydrogen-bond acceptors (Lipinski definition) is 3. The maximum absolute atomic E-state index is 12.2. The normalized spacial score (nSPS) is 34.4. The minimum atomic E-state index is -0.434. The fourth-order valence-electron chi connectivity index (χ4n) is 2.72. The van der Waals surface area contributed by atoms with Gasteiger partial charge in [0.05, 0.1) is 11.6 Å². The third-order valence-corrected chi connectivity index (χ3v) is 3.37. The molecule has 0 saturated carbocycles. The molecule has 4 heteroatoms. The Bertz CT molecular complexity index is 272. The van der Waals surface area contributed by atoms with E-state index in [-0.39, 0.29) is 12.0 Å². The summed E-state index contributed by atoms with van der Waals surface area (Å²) in [5.41, 5.74) is -0.434. The van der Waals surface area contributed by atoms with Crippen molar-refractivity contribution >= 4 is 5.91 Å². The van der Waals surface area contributed by atoms with Gasteiger partial charge in [0.15, 0.2) is 0 Å². The van der Waals surface area contributed by atoms with E-state index in [1.807, 2.05) is 18.7 Å². The average Bonchev–Trinajstić information content (AvgIpc) is 2.65. The maximum Gasteiger partial charge on any atom is 0.242 e. The van der Waals surface area contributed by atoms with Crippen LogP contribution in [0.25, 0.3) is 0 Å². The Labute approximate surface area is 97.3 Å². The van der Waals surface area contributed by atoms with Gasteiger partial charge in [-0.05, 0) is 33.6 Å². The monoisotopic (exact) mass is 226 g/mol. The van der Waals surface area contributed by atoms with Crippen molar-refractivity contribution in [1.29, 1.82) is 0 Å². The summed E-state index contributed by atoms with van der Waals surface area (Å²) in [5, 5.41) is 3.33. The molecule has 2 unspecified atom stereocenters. The Hall–Kier alpha value is -0.610. The van der Waals surface area contributed by atoms with Gasteiger partial charge < -0.3 is 9.64 Å². The fraction of sp³-hybridized carbons (Fsp3) is 0.917. The van der Waals surface area contributed by atoms with Gasteiger partial charge in [0, 0.05) is 25.7 Å². The Kier molecular flexibility index (Phi) is 3.22. The molecule has 0 aromatic rings. The standard InChI is InChI=1S/C12H22N2O2/c1-9-7-14(8-10-5-4-6-16-10)11(15)12(2,3)13-9/h9-10,13H,4-8H2,1-3H3. The Morgan fingerprint density at radius 1 is 1.56 bits per heavy atom. The third kappa shape index (κ3) is 2.38. The first kappa shape index (κ1) is 11.9. The van der Waals surface area contributed by atoms with Crippen molar-refractivity contribution in [2.45, 2.75) is 51.3 Å². The lowest BCUT2D eigenvalue weighted by Gasteiger charge is -2.42. The molecular formula is C12H22N2O2. The lowest BCUT2D eigenvalue weighted by molar-refractivity contribution is -0.143. The second kappa shape index (κ2) is 4.34. The third-order valence-electron chi connectivity index (χ3n) is 3.37. The molecule has 1 N–H and O–H groups in total. The summed E-state index contributed by atoms with van der Waals surface area (Å²) in [6.07, 6.45) is 2.47. The van der Waals surface area contributed by atoms with Crippen LogP contribution in [0.4, 0.5) is 0 Å². The van der Waals surface area contributed by atoms with E-state index in [0.717, 1.165) is 32.5 Å². The lowest BCUT2D eigenvalue weighted by atomic mass is 9.97. The second-order valence-electron chi connectivity index (χ2n) is 5.52. The van der Waals surface area contributed by atoms with Crippen molar-refractivity contribution in [2.24, 2.45) is 0 Å². The van der Waals surface area contributed by atoms with E-state index in [0.29, 0.717) is 6.04 Å². The molecule has 0 aromatic heterocycles. The van der Waals surface area contributed by atoms with Crippen LogP contribution < -0.4 is 5.32 Å². The Morgan fingerprint density at radius 3 is 2.94 bits per heavy atom. The van der Waals surface area contributed by atoms with Crippen LogP contribution in [-0.4, -0.2) is 48.2 Å². The van der Waals surface area contributed by atoms with Crippen LogP contribution in [0.1, 0.15) is 33.6 Å². The molecule has 4 nitrogen and oxygen atoms in total. The summed E-state index contributed by atoms with van der Waals surface area (Å²) in [6.45, 7) is 8.43. The molecule has 0 radical (unpaired) electrons. The zero-order valence-electron chi connectivity index (χ0n) is 10.5. The number of piperazine rings is 1. The smallest absolute Gasteiger partial charge is 0.242 e. The summed E-state index contributed by atoms with van der Waals surface area (Å²) in [4.78, 5) is 14.1. The van der Waals surface area contributed by atoms with Gasteiger partial charge in [-0.2, -0.15) is 0 Å². The largest absolute Gasteiger partial charge is 0.376 e. The summed E-state index contributed by atoms with van der Waals surface area (Å²) in [5.74, 6) is 0.195. The number of nitrogens with zero attached hydrogens (tertiary/aromatic N) is 1. The molecule has 92 valence electrons. The van der Waals surface area contributed by atoms with Crippen LogP contribution in [0.5, 0.6) is 0 Å². The van der Waals surface area contributed by atoms with E-state index >= 15 is 0 Å². The van der Waals surface area contributed by atoms with Gasteiger partial charge in [-0.15, -0.1) is 0 Å². The highest BCUT2D eigenvalue weighted by atomic mass is 16.5. The van der Waals surface area contributed by atoms with E-state index < -0.39 is 5.54 Å². The lowest BCUT2D eigenvalue weighted by Crippen LogP contribution is -2.65. The quantitative estimate of drug-likeness (QED) is 0.756. The zero-order valence-corrected chi connectivity index (χ0v) is 10.5. The predicted octanol–water partition coefficient (Wildman–Crippen LogP) is 0.764. The van der Waals surface area contributed by atoms with E-state index in [4.69, 9.17) is 4.74 Å². The maximum atomic E-state index is 12.2. The van der Waals surface area contributed by atoms with E-state index in [9.17, 15) is 4.79 Å². The first-order valence-corrected chi connectivity index (χ1v) is 6.18. The molecule has 2 fully saturated rings. The molecule has 1 amide bonds. The topological polar surface area (TPSA) is 41.6 Å². The molecule has 2 rings (SSSR count). The predicted molar refractivity (Wildman–Crippen MR) is 62.2 cm³/mol. The number of nitrogens with one attached hydrogen (secondary N) is 1. The molecule has 2 aliphatic rings. The molecule has 0 aromatic carbocycles. The average molecular weight is 226 g/mol. The van der Waals surface area contributed by atoms with E-state index in [1.165, 1.54) is 0 Å². The van der Waals surface area contributed by atoms with Crippen molar-refractivity contribution in [3.8, 4) is 0 Å². The highest BCUT2D eigenvalue weighted by Gasteiger charge is 2.39. The van der Waals surface area contributed by atoms with Crippen LogP contribution in [0.2, 0.25) is 0 Å². The zero-order chi connectivity index (χ0) is 11.8. The van der Waals surface area contributed by atoms with Gasteiger partial charge in [0.25, 0.3) is 0 Å². The Balaban J connectivity index is 1.99. The number of carbonyl (C=O) groups is 1. The number of amides is 1. The first-order chi connectivity index (χ1) is 7.49. The molecule has 0 spiro atoms. The van der Waals surface area contributed by atoms with Crippen LogP contribution in [-0.2, 0) is 9.53 Å². The number of rotatable bonds is 2. The van der Waals surface area contributed by atoms with Gasteiger partial charge in [0.2, 0.25) is 5.91 Å². The fourth-order valence-corrected chi connectivity index (χ4v) is 2.72. The molecule has 2 heterocycles. The molecule has 2 atom stereocenters. The minimum Gasteiger partial charge on any atom is -0.376 e. The van der Waals surface area contributed by atoms with Gasteiger partial charge >= 0.3 is 0 Å². The Morgan fingerprint density at radius 2 is 2.31 bits per heavy atom. The summed E-state index contributed by atoms with van der Waals surface area (Å²) in [7, 11) is 0. The molecule has 2 saturated heterocycles. The first-order valence-electron chi connectivity index (χ1n) is 6.18. The molecule has 0 aliphatic carbocycles. The summed E-state index contributed by atoms with van der Waals surface area (Å²) < 4.78 is 5.59. The highest BCUT2D eigenvalue weighted by Crippen LogP contribution is 2.19. The highest BCUT2D eigenvalue weighted by molar-refractivity contribution is 5.86. The molecule has 2 aliphatic heterocycles.